The molecule has 0 amide bonds. The van der Waals surface area contributed by atoms with Gasteiger partial charge in [0.15, 0.2) is 0 Å². The molecule has 0 fully saturated rings. The van der Waals surface area contributed by atoms with E-state index in [1.807, 2.05) is 60.7 Å². The zero-order chi connectivity index (χ0) is 20.5. The molecule has 4 aromatic rings. The standard InChI is InChI=1S/C27H28NO.HI/c1-28(2,3)20-25-24-17-11-10-12-21(24)18-19-26(25)27(29,22-13-6-4-7-14-22)23-15-8-5-9-16-23;/h4-19,29H,20H2,1-3H3;1H/q+1;/p-1. The summed E-state index contributed by atoms with van der Waals surface area (Å²) in [6.07, 6.45) is 0. The van der Waals surface area contributed by atoms with Crippen molar-refractivity contribution in [3.05, 3.63) is 119 Å². The molecule has 4 aromatic carbocycles. The van der Waals surface area contributed by atoms with Crippen LogP contribution < -0.4 is 24.0 Å². The minimum absolute atomic E-state index is 0. The zero-order valence-electron chi connectivity index (χ0n) is 17.7. The van der Waals surface area contributed by atoms with Crippen molar-refractivity contribution in [1.82, 2.24) is 0 Å². The molecule has 3 heteroatoms. The molecule has 1 N–H and O–H groups in total. The first-order valence-electron chi connectivity index (χ1n) is 10.0. The highest BCUT2D eigenvalue weighted by Gasteiger charge is 2.37. The first kappa shape index (κ1) is 22.5. The van der Waals surface area contributed by atoms with Crippen LogP contribution in [0.25, 0.3) is 10.8 Å². The first-order chi connectivity index (χ1) is 13.9. The highest BCUT2D eigenvalue weighted by atomic mass is 127. The van der Waals surface area contributed by atoms with Crippen LogP contribution in [0.3, 0.4) is 0 Å². The Balaban J connectivity index is 0.00000256. The van der Waals surface area contributed by atoms with Crippen LogP contribution >= 0.6 is 0 Å². The number of aliphatic hydroxyl groups is 1. The number of hydrogen-bond donors (Lipinski definition) is 1. The average Bonchev–Trinajstić information content (AvgIpc) is 2.74. The summed E-state index contributed by atoms with van der Waals surface area (Å²) in [6, 6.07) is 32.7. The van der Waals surface area contributed by atoms with Gasteiger partial charge in [-0.2, -0.15) is 0 Å². The van der Waals surface area contributed by atoms with Gasteiger partial charge < -0.3 is 33.6 Å². The lowest BCUT2D eigenvalue weighted by Crippen LogP contribution is -3.00. The number of rotatable bonds is 5. The molecule has 0 unspecified atom stereocenters. The van der Waals surface area contributed by atoms with Crippen LogP contribution in [0.4, 0.5) is 0 Å². The van der Waals surface area contributed by atoms with Gasteiger partial charge in [-0.3, -0.25) is 0 Å². The fourth-order valence-corrected chi connectivity index (χ4v) is 4.16. The van der Waals surface area contributed by atoms with E-state index in [1.165, 1.54) is 16.3 Å². The molecule has 0 heterocycles. The Hall–Kier alpha value is -2.21. The van der Waals surface area contributed by atoms with Crippen molar-refractivity contribution >= 4 is 10.8 Å². The van der Waals surface area contributed by atoms with Crippen LogP contribution in [0.1, 0.15) is 22.3 Å². The first-order valence-corrected chi connectivity index (χ1v) is 10.0. The average molecular weight is 509 g/mol. The van der Waals surface area contributed by atoms with Gasteiger partial charge in [0, 0.05) is 11.1 Å². The van der Waals surface area contributed by atoms with E-state index in [2.05, 4.69) is 57.5 Å². The Morgan fingerprint density at radius 1 is 0.667 bits per heavy atom. The Morgan fingerprint density at radius 3 is 1.70 bits per heavy atom. The highest BCUT2D eigenvalue weighted by molar-refractivity contribution is 5.87. The molecule has 0 aliphatic heterocycles. The van der Waals surface area contributed by atoms with Crippen molar-refractivity contribution in [3.8, 4) is 0 Å². The number of quaternary nitrogens is 1. The third-order valence-corrected chi connectivity index (χ3v) is 5.45. The van der Waals surface area contributed by atoms with Crippen LogP contribution in [-0.2, 0) is 12.1 Å². The fraction of sp³-hybridized carbons (Fsp3) is 0.185. The van der Waals surface area contributed by atoms with Gasteiger partial charge in [-0.15, -0.1) is 0 Å². The predicted octanol–water partition coefficient (Wildman–Crippen LogP) is 2.33. The number of halogens is 1. The Morgan fingerprint density at radius 2 is 1.17 bits per heavy atom. The van der Waals surface area contributed by atoms with E-state index < -0.39 is 5.60 Å². The van der Waals surface area contributed by atoms with Crippen LogP contribution in [0, 0.1) is 0 Å². The summed E-state index contributed by atoms with van der Waals surface area (Å²) in [6.45, 7) is 0.818. The molecule has 154 valence electrons. The topological polar surface area (TPSA) is 20.2 Å². The van der Waals surface area contributed by atoms with Crippen molar-refractivity contribution < 1.29 is 33.6 Å². The molecule has 0 spiro atoms. The van der Waals surface area contributed by atoms with E-state index in [-0.39, 0.29) is 24.0 Å². The van der Waals surface area contributed by atoms with Crippen molar-refractivity contribution in [3.63, 3.8) is 0 Å². The SMILES string of the molecule is C[N+](C)(C)Cc1c(C(O)(c2ccccc2)c2ccccc2)ccc2ccccc12.[I-]. The summed E-state index contributed by atoms with van der Waals surface area (Å²) < 4.78 is 0.778. The molecule has 2 nitrogen and oxygen atoms in total. The van der Waals surface area contributed by atoms with Gasteiger partial charge in [-0.05, 0) is 21.9 Å². The second kappa shape index (κ2) is 8.88. The quantitative estimate of drug-likeness (QED) is 0.249. The number of benzene rings is 4. The van der Waals surface area contributed by atoms with Gasteiger partial charge in [0.2, 0.25) is 0 Å². The maximum absolute atomic E-state index is 12.4. The van der Waals surface area contributed by atoms with E-state index in [1.54, 1.807) is 0 Å². The maximum atomic E-state index is 12.4. The van der Waals surface area contributed by atoms with Gasteiger partial charge in [0.25, 0.3) is 0 Å². The molecule has 0 radical (unpaired) electrons. The smallest absolute Gasteiger partial charge is 0.141 e. The van der Waals surface area contributed by atoms with Gasteiger partial charge in [-0.1, -0.05) is 97.1 Å². The summed E-state index contributed by atoms with van der Waals surface area (Å²) in [7, 11) is 6.57. The third kappa shape index (κ3) is 4.29. The van der Waals surface area contributed by atoms with E-state index >= 15 is 0 Å². The van der Waals surface area contributed by atoms with E-state index in [0.717, 1.165) is 27.7 Å². The third-order valence-electron chi connectivity index (χ3n) is 5.45. The number of nitrogens with zero attached hydrogens (tertiary/aromatic N) is 1. The van der Waals surface area contributed by atoms with Crippen LogP contribution in [0.2, 0.25) is 0 Å². The van der Waals surface area contributed by atoms with Gasteiger partial charge in [0.1, 0.15) is 12.1 Å². The Kier molecular flexibility index (Phi) is 6.65. The van der Waals surface area contributed by atoms with Gasteiger partial charge in [-0.25, -0.2) is 0 Å². The normalized spacial score (nSPS) is 11.9. The molecule has 0 aliphatic rings. The molecule has 0 bridgehead atoms. The maximum Gasteiger partial charge on any atom is 0.141 e. The largest absolute Gasteiger partial charge is 1.00 e. The molecule has 0 aliphatic carbocycles. The van der Waals surface area contributed by atoms with Crippen LogP contribution in [0.15, 0.2) is 97.1 Å². The minimum Gasteiger partial charge on any atom is -1.00 e. The fourth-order valence-electron chi connectivity index (χ4n) is 4.16. The van der Waals surface area contributed by atoms with Gasteiger partial charge >= 0.3 is 0 Å². The molecule has 0 saturated heterocycles. The van der Waals surface area contributed by atoms with Crippen LogP contribution in [-0.4, -0.2) is 30.7 Å². The van der Waals surface area contributed by atoms with Gasteiger partial charge in [0.05, 0.1) is 21.1 Å². The van der Waals surface area contributed by atoms with Crippen molar-refractivity contribution in [1.29, 1.82) is 0 Å². The lowest BCUT2D eigenvalue weighted by atomic mass is 9.77. The van der Waals surface area contributed by atoms with E-state index in [0.29, 0.717) is 0 Å². The van der Waals surface area contributed by atoms with E-state index in [4.69, 9.17) is 0 Å². The predicted molar refractivity (Wildman–Crippen MR) is 121 cm³/mol. The molecular formula is C27H28INO. The second-order valence-corrected chi connectivity index (χ2v) is 8.70. The van der Waals surface area contributed by atoms with E-state index in [9.17, 15) is 5.11 Å². The molecule has 4 rings (SSSR count). The summed E-state index contributed by atoms with van der Waals surface area (Å²) >= 11 is 0. The lowest BCUT2D eigenvalue weighted by Gasteiger charge is -2.34. The minimum atomic E-state index is -1.23. The molecular weight excluding hydrogens is 481 g/mol. The Labute approximate surface area is 196 Å². The highest BCUT2D eigenvalue weighted by Crippen LogP contribution is 2.41. The summed E-state index contributed by atoms with van der Waals surface area (Å²) in [5.74, 6) is 0. The second-order valence-electron chi connectivity index (χ2n) is 8.70. The Bertz CT molecular complexity index is 1080. The lowest BCUT2D eigenvalue weighted by molar-refractivity contribution is -0.883. The van der Waals surface area contributed by atoms with Crippen molar-refractivity contribution in [2.75, 3.05) is 21.1 Å². The molecule has 0 atom stereocenters. The number of hydrogen-bond acceptors (Lipinski definition) is 1. The van der Waals surface area contributed by atoms with Crippen molar-refractivity contribution in [2.24, 2.45) is 0 Å². The van der Waals surface area contributed by atoms with Crippen molar-refractivity contribution in [2.45, 2.75) is 12.1 Å². The summed E-state index contributed by atoms with van der Waals surface area (Å²) in [4.78, 5) is 0. The summed E-state index contributed by atoms with van der Waals surface area (Å²) in [5.41, 5.74) is 2.66. The van der Waals surface area contributed by atoms with Crippen LogP contribution in [0.5, 0.6) is 0 Å². The number of fused-ring (bicyclic) bond motifs is 1. The monoisotopic (exact) mass is 509 g/mol. The molecule has 0 aromatic heterocycles. The summed E-state index contributed by atoms with van der Waals surface area (Å²) in [5, 5.41) is 14.8. The molecule has 30 heavy (non-hydrogen) atoms. The zero-order valence-corrected chi connectivity index (χ0v) is 19.9. The molecule has 0 saturated carbocycles.